The fraction of sp³-hybridized carbons (Fsp3) is 0.359. The first-order chi connectivity index (χ1) is 21.9. The Bertz CT molecular complexity index is 1730. The van der Waals surface area contributed by atoms with Crippen LogP contribution in [0.3, 0.4) is 0 Å². The van der Waals surface area contributed by atoms with Crippen molar-refractivity contribution >= 4 is 37.6 Å². The summed E-state index contributed by atoms with van der Waals surface area (Å²) in [6.45, 7) is 5.74. The van der Waals surface area contributed by atoms with Crippen LogP contribution in [0.5, 0.6) is 5.88 Å². The maximum Gasteiger partial charge on any atom is 0.217 e. The van der Waals surface area contributed by atoms with E-state index in [1.165, 1.54) is 19.5 Å². The number of aliphatic hydroxyl groups is 1. The SMILES string of the molecule is COc1nc2ccc(Br)cc2cc1C(c1ccccc1)C(O)(CCCCCN1CCCN(C)CC1)c1ccc2ccccc2c1. The number of hydrogen-bond donors (Lipinski definition) is 1. The zero-order valence-electron chi connectivity index (χ0n) is 26.5. The van der Waals surface area contributed by atoms with Crippen LogP contribution in [0.2, 0.25) is 0 Å². The van der Waals surface area contributed by atoms with Gasteiger partial charge >= 0.3 is 0 Å². The van der Waals surface area contributed by atoms with Crippen molar-refractivity contribution in [1.82, 2.24) is 14.8 Å². The summed E-state index contributed by atoms with van der Waals surface area (Å²) in [4.78, 5) is 9.99. The number of nitrogens with zero attached hydrogens (tertiary/aromatic N) is 3. The molecule has 0 bridgehead atoms. The predicted molar refractivity (Wildman–Crippen MR) is 189 cm³/mol. The summed E-state index contributed by atoms with van der Waals surface area (Å²) >= 11 is 3.64. The Morgan fingerprint density at radius 2 is 1.62 bits per heavy atom. The van der Waals surface area contributed by atoms with E-state index in [9.17, 15) is 5.11 Å². The molecule has 0 amide bonds. The molecule has 6 heteroatoms. The van der Waals surface area contributed by atoms with E-state index in [-0.39, 0.29) is 0 Å². The van der Waals surface area contributed by atoms with Crippen LogP contribution in [0.25, 0.3) is 21.7 Å². The van der Waals surface area contributed by atoms with E-state index < -0.39 is 11.5 Å². The Hall–Kier alpha value is -3.29. The van der Waals surface area contributed by atoms with Gasteiger partial charge in [-0.2, -0.15) is 0 Å². The number of fused-ring (bicyclic) bond motifs is 2. The van der Waals surface area contributed by atoms with Crippen molar-refractivity contribution in [2.75, 3.05) is 46.9 Å². The van der Waals surface area contributed by atoms with Gasteiger partial charge in [-0.1, -0.05) is 95.5 Å². The highest BCUT2D eigenvalue weighted by Gasteiger charge is 2.42. The van der Waals surface area contributed by atoms with Crippen LogP contribution in [0.4, 0.5) is 0 Å². The molecule has 45 heavy (non-hydrogen) atoms. The highest BCUT2D eigenvalue weighted by Crippen LogP contribution is 2.48. The van der Waals surface area contributed by atoms with Crippen molar-refractivity contribution in [3.63, 3.8) is 0 Å². The van der Waals surface area contributed by atoms with Gasteiger partial charge in [0.1, 0.15) is 5.60 Å². The molecule has 1 aliphatic rings. The highest BCUT2D eigenvalue weighted by atomic mass is 79.9. The third-order valence-electron chi connectivity index (χ3n) is 9.48. The van der Waals surface area contributed by atoms with E-state index in [1.54, 1.807) is 7.11 Å². The number of aromatic nitrogens is 1. The van der Waals surface area contributed by atoms with Gasteiger partial charge < -0.3 is 19.6 Å². The molecule has 5 aromatic rings. The molecule has 0 radical (unpaired) electrons. The number of pyridine rings is 1. The van der Waals surface area contributed by atoms with Gasteiger partial charge in [0.05, 0.1) is 12.6 Å². The number of hydrogen-bond acceptors (Lipinski definition) is 5. The highest BCUT2D eigenvalue weighted by molar-refractivity contribution is 9.10. The Kier molecular flexibility index (Phi) is 10.2. The number of unbranched alkanes of at least 4 members (excludes halogenated alkanes) is 2. The molecule has 1 fully saturated rings. The molecule has 1 saturated heterocycles. The standard InChI is InChI=1S/C39H44BrN3O2/c1-42-21-11-23-43(25-24-42)22-10-4-9-20-39(44,33-17-16-29-12-7-8-15-31(29)26-33)37(30-13-5-3-6-14-30)35-28-32-27-34(40)18-19-36(32)41-38(35)45-2/h3,5-8,12-19,26-28,37,44H,4,9-11,20-25H2,1-2H3. The Morgan fingerprint density at radius 3 is 2.44 bits per heavy atom. The lowest BCUT2D eigenvalue weighted by atomic mass is 9.70. The van der Waals surface area contributed by atoms with Crippen molar-refractivity contribution in [3.05, 3.63) is 118 Å². The summed E-state index contributed by atoms with van der Waals surface area (Å²) in [5.41, 5.74) is 2.50. The van der Waals surface area contributed by atoms with Gasteiger partial charge in [0.2, 0.25) is 5.88 Å². The topological polar surface area (TPSA) is 48.8 Å². The van der Waals surface area contributed by atoms with Gasteiger partial charge in [-0.25, -0.2) is 4.98 Å². The molecule has 1 N–H and O–H groups in total. The predicted octanol–water partition coefficient (Wildman–Crippen LogP) is 8.38. The first-order valence-electron chi connectivity index (χ1n) is 16.3. The second-order valence-corrected chi connectivity index (χ2v) is 13.5. The van der Waals surface area contributed by atoms with Crippen LogP contribution < -0.4 is 4.74 Å². The van der Waals surface area contributed by atoms with E-state index in [0.717, 1.165) is 81.7 Å². The monoisotopic (exact) mass is 665 g/mol. The number of likely N-dealkylation sites (N-methyl/N-ethyl adjacent to an activating group) is 1. The minimum Gasteiger partial charge on any atom is -0.481 e. The van der Waals surface area contributed by atoms with Crippen LogP contribution in [-0.2, 0) is 5.60 Å². The zero-order valence-corrected chi connectivity index (χ0v) is 28.0. The summed E-state index contributed by atoms with van der Waals surface area (Å²) in [5.74, 6) is 0.149. The maximum absolute atomic E-state index is 13.3. The van der Waals surface area contributed by atoms with E-state index in [2.05, 4.69) is 112 Å². The maximum atomic E-state index is 13.3. The smallest absolute Gasteiger partial charge is 0.217 e. The van der Waals surface area contributed by atoms with Crippen LogP contribution in [0, 0.1) is 0 Å². The Balaban J connectivity index is 1.39. The van der Waals surface area contributed by atoms with Crippen LogP contribution in [0.15, 0.2) is 102 Å². The van der Waals surface area contributed by atoms with Gasteiger partial charge in [0.25, 0.3) is 0 Å². The Morgan fingerprint density at radius 1 is 0.822 bits per heavy atom. The fourth-order valence-corrected chi connectivity index (χ4v) is 7.40. The summed E-state index contributed by atoms with van der Waals surface area (Å²) in [6.07, 6.45) is 4.95. The quantitative estimate of drug-likeness (QED) is 0.144. The van der Waals surface area contributed by atoms with Crippen molar-refractivity contribution < 1.29 is 9.84 Å². The molecule has 1 aromatic heterocycles. The molecule has 2 unspecified atom stereocenters. The summed E-state index contributed by atoms with van der Waals surface area (Å²) < 4.78 is 6.96. The largest absolute Gasteiger partial charge is 0.481 e. The van der Waals surface area contributed by atoms with Gasteiger partial charge in [-0.05, 0) is 98.2 Å². The molecule has 5 nitrogen and oxygen atoms in total. The van der Waals surface area contributed by atoms with Crippen molar-refractivity contribution in [2.45, 2.75) is 43.6 Å². The molecule has 6 rings (SSSR count). The minimum atomic E-state index is -1.20. The first-order valence-corrected chi connectivity index (χ1v) is 17.1. The molecular weight excluding hydrogens is 622 g/mol. The molecule has 0 spiro atoms. The second kappa shape index (κ2) is 14.4. The molecule has 0 aliphatic carbocycles. The fourth-order valence-electron chi connectivity index (χ4n) is 7.02. The molecule has 0 saturated carbocycles. The van der Waals surface area contributed by atoms with Crippen LogP contribution in [0.1, 0.15) is 54.7 Å². The third kappa shape index (κ3) is 7.25. The van der Waals surface area contributed by atoms with Crippen LogP contribution >= 0.6 is 15.9 Å². The normalized spacial score (nSPS) is 16.8. The zero-order chi connectivity index (χ0) is 31.2. The number of ether oxygens (including phenoxy) is 1. The molecular formula is C39H44BrN3O2. The van der Waals surface area contributed by atoms with E-state index >= 15 is 0 Å². The van der Waals surface area contributed by atoms with E-state index in [1.807, 2.05) is 18.2 Å². The molecule has 234 valence electrons. The average Bonchev–Trinajstić information content (AvgIpc) is 3.28. The van der Waals surface area contributed by atoms with Crippen molar-refractivity contribution in [1.29, 1.82) is 0 Å². The van der Waals surface area contributed by atoms with Crippen molar-refractivity contribution in [3.8, 4) is 5.88 Å². The summed E-state index contributed by atoms with van der Waals surface area (Å²) in [5, 5.41) is 16.6. The second-order valence-electron chi connectivity index (χ2n) is 12.6. The molecule has 4 aromatic carbocycles. The number of benzene rings is 4. The van der Waals surface area contributed by atoms with Crippen molar-refractivity contribution in [2.24, 2.45) is 0 Å². The summed E-state index contributed by atoms with van der Waals surface area (Å²) in [6, 6.07) is 33.4. The van der Waals surface area contributed by atoms with E-state index in [0.29, 0.717) is 12.3 Å². The molecule has 2 heterocycles. The molecule has 2 atom stereocenters. The van der Waals surface area contributed by atoms with E-state index in [4.69, 9.17) is 9.72 Å². The van der Waals surface area contributed by atoms with Gasteiger partial charge in [-0.15, -0.1) is 0 Å². The lowest BCUT2D eigenvalue weighted by Gasteiger charge is -2.38. The Labute approximate surface area is 276 Å². The number of rotatable bonds is 11. The van der Waals surface area contributed by atoms with Gasteiger partial charge in [0.15, 0.2) is 0 Å². The lowest BCUT2D eigenvalue weighted by Crippen LogP contribution is -2.35. The minimum absolute atomic E-state index is 0.396. The molecule has 1 aliphatic heterocycles. The number of halogens is 1. The first kappa shape index (κ1) is 31.7. The average molecular weight is 667 g/mol. The van der Waals surface area contributed by atoms with Crippen LogP contribution in [-0.4, -0.2) is 66.8 Å². The van der Waals surface area contributed by atoms with Gasteiger partial charge in [0, 0.05) is 34.4 Å². The summed E-state index contributed by atoms with van der Waals surface area (Å²) in [7, 11) is 3.90. The number of methoxy groups -OCH3 is 1. The van der Waals surface area contributed by atoms with Gasteiger partial charge in [-0.3, -0.25) is 0 Å². The third-order valence-corrected chi connectivity index (χ3v) is 9.97. The lowest BCUT2D eigenvalue weighted by molar-refractivity contribution is 0.00701.